The molecule has 1 aromatic carbocycles. The quantitative estimate of drug-likeness (QED) is 0.493. The molecule has 0 amide bonds. The van der Waals surface area contributed by atoms with E-state index in [1.54, 1.807) is 6.08 Å². The molecule has 0 spiro atoms. The number of rotatable bonds is 3. The minimum absolute atomic E-state index is 1.19. The van der Waals surface area contributed by atoms with Gasteiger partial charge in [0.15, 0.2) is 0 Å². The molecular formula is C14H12. The Bertz CT molecular complexity index is 372. The van der Waals surface area contributed by atoms with Crippen LogP contribution < -0.4 is 0 Å². The van der Waals surface area contributed by atoms with Crippen LogP contribution in [-0.4, -0.2) is 0 Å². The molecule has 0 atom stereocenters. The second-order valence-corrected chi connectivity index (χ2v) is 2.68. The van der Waals surface area contributed by atoms with Gasteiger partial charge in [-0.1, -0.05) is 66.6 Å². The predicted octanol–water partition coefficient (Wildman–Crippen LogP) is 3.45. The highest BCUT2D eigenvalue weighted by Crippen LogP contribution is 2.00. The highest BCUT2D eigenvalue weighted by Gasteiger charge is 1.78. The SMILES string of the molecule is C#C/C=C/C=C/C=C/c1ccccc1. The van der Waals surface area contributed by atoms with Crippen molar-refractivity contribution in [3.8, 4) is 12.3 Å². The summed E-state index contributed by atoms with van der Waals surface area (Å²) in [6.07, 6.45) is 16.4. The van der Waals surface area contributed by atoms with E-state index in [0.29, 0.717) is 0 Å². The molecule has 0 nitrogen and oxygen atoms in total. The summed E-state index contributed by atoms with van der Waals surface area (Å²) in [5.74, 6) is 2.42. The van der Waals surface area contributed by atoms with Gasteiger partial charge in [-0.05, 0) is 11.6 Å². The van der Waals surface area contributed by atoms with Crippen LogP contribution in [0.2, 0.25) is 0 Å². The van der Waals surface area contributed by atoms with Crippen molar-refractivity contribution in [2.45, 2.75) is 0 Å². The number of hydrogen-bond acceptors (Lipinski definition) is 0. The molecule has 68 valence electrons. The molecule has 1 rings (SSSR count). The summed E-state index contributed by atoms with van der Waals surface area (Å²) >= 11 is 0. The molecule has 1 aromatic rings. The lowest BCUT2D eigenvalue weighted by Crippen LogP contribution is -1.66. The Hall–Kier alpha value is -2.00. The Morgan fingerprint density at radius 1 is 0.929 bits per heavy atom. The summed E-state index contributed by atoms with van der Waals surface area (Å²) < 4.78 is 0. The molecule has 0 saturated carbocycles. The van der Waals surface area contributed by atoms with Gasteiger partial charge >= 0.3 is 0 Å². The second-order valence-electron chi connectivity index (χ2n) is 2.68. The normalized spacial score (nSPS) is 11.4. The Labute approximate surface area is 85.3 Å². The van der Waals surface area contributed by atoms with Crippen LogP contribution in [-0.2, 0) is 0 Å². The fraction of sp³-hybridized carbons (Fsp3) is 0. The molecule has 0 aromatic heterocycles. The van der Waals surface area contributed by atoms with Crippen LogP contribution in [0.3, 0.4) is 0 Å². The zero-order valence-corrected chi connectivity index (χ0v) is 7.93. The first-order valence-electron chi connectivity index (χ1n) is 4.44. The Morgan fingerprint density at radius 2 is 1.64 bits per heavy atom. The lowest BCUT2D eigenvalue weighted by molar-refractivity contribution is 1.66. The first kappa shape index (κ1) is 10.1. The summed E-state index contributed by atoms with van der Waals surface area (Å²) in [6.45, 7) is 0. The van der Waals surface area contributed by atoms with Crippen LogP contribution in [0.15, 0.2) is 60.7 Å². The van der Waals surface area contributed by atoms with Crippen molar-refractivity contribution in [1.29, 1.82) is 0 Å². The lowest BCUT2D eigenvalue weighted by Gasteiger charge is -1.87. The minimum Gasteiger partial charge on any atom is -0.115 e. The zero-order valence-electron chi connectivity index (χ0n) is 7.93. The van der Waals surface area contributed by atoms with E-state index in [1.807, 2.05) is 48.6 Å². The molecule has 0 N–H and O–H groups in total. The van der Waals surface area contributed by atoms with E-state index in [1.165, 1.54) is 5.56 Å². The maximum absolute atomic E-state index is 5.05. The van der Waals surface area contributed by atoms with E-state index >= 15 is 0 Å². The van der Waals surface area contributed by atoms with Gasteiger partial charge in [-0.3, -0.25) is 0 Å². The van der Waals surface area contributed by atoms with Gasteiger partial charge in [-0.25, -0.2) is 0 Å². The van der Waals surface area contributed by atoms with E-state index in [0.717, 1.165) is 0 Å². The third-order valence-electron chi connectivity index (χ3n) is 1.61. The fourth-order valence-corrected chi connectivity index (χ4v) is 0.970. The topological polar surface area (TPSA) is 0 Å². The summed E-state index contributed by atoms with van der Waals surface area (Å²) in [5.41, 5.74) is 1.19. The van der Waals surface area contributed by atoms with E-state index in [4.69, 9.17) is 6.42 Å². The molecule has 0 unspecified atom stereocenters. The number of benzene rings is 1. The van der Waals surface area contributed by atoms with Crippen molar-refractivity contribution in [2.75, 3.05) is 0 Å². The van der Waals surface area contributed by atoms with Crippen LogP contribution in [0.4, 0.5) is 0 Å². The maximum Gasteiger partial charge on any atom is -0.0122 e. The van der Waals surface area contributed by atoms with Crippen molar-refractivity contribution in [3.63, 3.8) is 0 Å². The van der Waals surface area contributed by atoms with Crippen molar-refractivity contribution >= 4 is 6.08 Å². The summed E-state index contributed by atoms with van der Waals surface area (Å²) in [4.78, 5) is 0. The van der Waals surface area contributed by atoms with Crippen LogP contribution >= 0.6 is 0 Å². The van der Waals surface area contributed by atoms with Gasteiger partial charge in [0.05, 0.1) is 0 Å². The van der Waals surface area contributed by atoms with Crippen LogP contribution in [0.25, 0.3) is 6.08 Å². The van der Waals surface area contributed by atoms with Crippen LogP contribution in [0.1, 0.15) is 5.56 Å². The van der Waals surface area contributed by atoms with Gasteiger partial charge in [0.2, 0.25) is 0 Å². The highest BCUT2D eigenvalue weighted by molar-refractivity contribution is 5.50. The molecule has 0 bridgehead atoms. The van der Waals surface area contributed by atoms with Gasteiger partial charge in [0.25, 0.3) is 0 Å². The molecule has 0 heterocycles. The van der Waals surface area contributed by atoms with E-state index in [9.17, 15) is 0 Å². The van der Waals surface area contributed by atoms with E-state index < -0.39 is 0 Å². The smallest absolute Gasteiger partial charge is 0.0122 e. The van der Waals surface area contributed by atoms with Crippen molar-refractivity contribution in [2.24, 2.45) is 0 Å². The molecule has 0 heteroatoms. The van der Waals surface area contributed by atoms with Gasteiger partial charge in [-0.15, -0.1) is 6.42 Å². The zero-order chi connectivity index (χ0) is 10.1. The molecule has 0 saturated heterocycles. The summed E-state index contributed by atoms with van der Waals surface area (Å²) in [5, 5.41) is 0. The van der Waals surface area contributed by atoms with E-state index in [-0.39, 0.29) is 0 Å². The molecular weight excluding hydrogens is 168 g/mol. The number of hydrogen-bond donors (Lipinski definition) is 0. The van der Waals surface area contributed by atoms with Crippen LogP contribution in [0, 0.1) is 12.3 Å². The Kier molecular flexibility index (Phi) is 4.69. The fourth-order valence-electron chi connectivity index (χ4n) is 0.970. The number of terminal acetylenes is 1. The number of allylic oxidation sites excluding steroid dienone is 5. The molecule has 0 fully saturated rings. The van der Waals surface area contributed by atoms with Crippen molar-refractivity contribution < 1.29 is 0 Å². The average Bonchev–Trinajstić information content (AvgIpc) is 2.25. The first-order valence-corrected chi connectivity index (χ1v) is 4.44. The summed E-state index contributed by atoms with van der Waals surface area (Å²) in [6, 6.07) is 10.1. The van der Waals surface area contributed by atoms with Gasteiger partial charge in [0, 0.05) is 0 Å². The van der Waals surface area contributed by atoms with Crippen molar-refractivity contribution in [3.05, 3.63) is 66.3 Å². The Balaban J connectivity index is 2.46. The second kappa shape index (κ2) is 6.51. The van der Waals surface area contributed by atoms with Crippen molar-refractivity contribution in [1.82, 2.24) is 0 Å². The predicted molar refractivity (Wildman–Crippen MR) is 62.6 cm³/mol. The van der Waals surface area contributed by atoms with E-state index in [2.05, 4.69) is 18.1 Å². The van der Waals surface area contributed by atoms with Gasteiger partial charge < -0.3 is 0 Å². The Morgan fingerprint density at radius 3 is 2.36 bits per heavy atom. The average molecular weight is 180 g/mol. The third kappa shape index (κ3) is 4.13. The van der Waals surface area contributed by atoms with Crippen LogP contribution in [0.5, 0.6) is 0 Å². The maximum atomic E-state index is 5.05. The minimum atomic E-state index is 1.19. The van der Waals surface area contributed by atoms with Gasteiger partial charge in [-0.2, -0.15) is 0 Å². The lowest BCUT2D eigenvalue weighted by atomic mass is 10.2. The molecule has 0 aliphatic carbocycles. The molecule has 0 aliphatic rings. The standard InChI is InChI=1S/C14H12/c1-2-3-4-5-6-8-11-14-12-9-7-10-13-14/h1,3-13H/b4-3+,6-5+,11-8+. The molecule has 0 aliphatic heterocycles. The highest BCUT2D eigenvalue weighted by atomic mass is 13.8. The largest absolute Gasteiger partial charge is 0.115 e. The van der Waals surface area contributed by atoms with Gasteiger partial charge in [0.1, 0.15) is 0 Å². The monoisotopic (exact) mass is 180 g/mol. The molecule has 14 heavy (non-hydrogen) atoms. The summed E-state index contributed by atoms with van der Waals surface area (Å²) in [7, 11) is 0. The first-order chi connectivity index (χ1) is 6.93. The molecule has 0 radical (unpaired) electrons. The third-order valence-corrected chi connectivity index (χ3v) is 1.61.